The molecule has 0 fully saturated rings. The third-order valence-corrected chi connectivity index (χ3v) is 4.18. The van der Waals surface area contributed by atoms with Crippen LogP contribution in [-0.4, -0.2) is 22.2 Å². The zero-order chi connectivity index (χ0) is 14.4. The minimum absolute atomic E-state index is 0. The minimum Gasteiger partial charge on any atom is -0.389 e. The van der Waals surface area contributed by atoms with Crippen molar-refractivity contribution in [2.24, 2.45) is 5.92 Å². The largest absolute Gasteiger partial charge is 0.389 e. The van der Waals surface area contributed by atoms with E-state index in [1.807, 2.05) is 36.5 Å². The van der Waals surface area contributed by atoms with Crippen molar-refractivity contribution >= 4 is 48.1 Å². The number of carbonyl (C=O) groups is 1. The van der Waals surface area contributed by atoms with E-state index in [4.69, 9.17) is 11.6 Å². The molecule has 0 spiro atoms. The Balaban J connectivity index is 0.000000960. The molecule has 1 unspecified atom stereocenters. The number of hydrogen-bond donors (Lipinski definition) is 2. The Morgan fingerprint density at radius 3 is 2.83 bits per heavy atom. The molecule has 0 saturated carbocycles. The fourth-order valence-electron chi connectivity index (χ4n) is 2.78. The third kappa shape index (κ3) is 2.92. The summed E-state index contributed by atoms with van der Waals surface area (Å²) in [7, 11) is 0. The van der Waals surface area contributed by atoms with E-state index in [1.54, 1.807) is 0 Å². The molecule has 2 aliphatic heterocycles. The molecule has 3 heterocycles. The molecule has 0 saturated heterocycles. The van der Waals surface area contributed by atoms with Gasteiger partial charge in [-0.15, -0.1) is 24.8 Å². The summed E-state index contributed by atoms with van der Waals surface area (Å²) in [5.74, 6) is 0.550. The Hall–Kier alpha value is -1.69. The first kappa shape index (κ1) is 17.7. The predicted molar refractivity (Wildman–Crippen MR) is 95.6 cm³/mol. The Morgan fingerprint density at radius 2 is 2.04 bits per heavy atom. The van der Waals surface area contributed by atoms with Crippen LogP contribution >= 0.6 is 36.4 Å². The van der Waals surface area contributed by atoms with Gasteiger partial charge in [0, 0.05) is 30.1 Å². The summed E-state index contributed by atoms with van der Waals surface area (Å²) < 4.78 is 1.45. The molecule has 2 aliphatic rings. The number of hydrogen-bond acceptors (Lipinski definition) is 4. The van der Waals surface area contributed by atoms with Gasteiger partial charge >= 0.3 is 0 Å². The van der Waals surface area contributed by atoms with Gasteiger partial charge in [-0.25, -0.2) is 0 Å². The summed E-state index contributed by atoms with van der Waals surface area (Å²) in [5, 5.41) is 11.5. The van der Waals surface area contributed by atoms with E-state index < -0.39 is 0 Å². The lowest BCUT2D eigenvalue weighted by Crippen LogP contribution is -2.38. The van der Waals surface area contributed by atoms with Crippen LogP contribution in [0.5, 0.6) is 0 Å². The number of fused-ring (bicyclic) bond motifs is 2. The number of nitrogens with zero attached hydrogens (tertiary/aromatic N) is 2. The molecule has 2 aromatic rings. The van der Waals surface area contributed by atoms with Crippen LogP contribution in [0.3, 0.4) is 0 Å². The molecule has 0 bridgehead atoms. The summed E-state index contributed by atoms with van der Waals surface area (Å²) >= 11 is 6.20. The average molecular weight is 374 g/mol. The van der Waals surface area contributed by atoms with Crippen molar-refractivity contribution in [2.45, 2.75) is 6.42 Å². The van der Waals surface area contributed by atoms with Gasteiger partial charge in [-0.3, -0.25) is 4.79 Å². The number of allylic oxidation sites excluding steroid dienone is 1. The normalized spacial score (nSPS) is 18.2. The van der Waals surface area contributed by atoms with Crippen molar-refractivity contribution < 1.29 is 4.79 Å². The monoisotopic (exact) mass is 372 g/mol. The van der Waals surface area contributed by atoms with E-state index >= 15 is 0 Å². The zero-order valence-corrected chi connectivity index (χ0v) is 14.3. The quantitative estimate of drug-likeness (QED) is 0.802. The van der Waals surface area contributed by atoms with Crippen molar-refractivity contribution in [1.82, 2.24) is 15.1 Å². The van der Waals surface area contributed by atoms with Gasteiger partial charge in [-0.1, -0.05) is 29.8 Å². The molecule has 8 heteroatoms. The molecule has 0 amide bonds. The van der Waals surface area contributed by atoms with Gasteiger partial charge in [0.25, 0.3) is 5.91 Å². The molecule has 23 heavy (non-hydrogen) atoms. The molecular formula is C15H15Cl3N4O. The molecule has 122 valence electrons. The highest BCUT2D eigenvalue weighted by atomic mass is 35.5. The fourth-order valence-corrected chi connectivity index (χ4v) is 3.01. The van der Waals surface area contributed by atoms with Crippen molar-refractivity contribution in [3.05, 3.63) is 47.3 Å². The minimum atomic E-state index is -0.141. The van der Waals surface area contributed by atoms with Crippen LogP contribution < -0.4 is 10.6 Å². The highest BCUT2D eigenvalue weighted by Crippen LogP contribution is 2.33. The maximum atomic E-state index is 12.5. The third-order valence-electron chi connectivity index (χ3n) is 3.85. The number of halogens is 3. The number of rotatable bonds is 1. The number of aromatic nitrogens is 2. The second-order valence-corrected chi connectivity index (χ2v) is 5.57. The maximum Gasteiger partial charge on any atom is 0.257 e. The highest BCUT2D eigenvalue weighted by Gasteiger charge is 2.34. The summed E-state index contributed by atoms with van der Waals surface area (Å²) in [6.45, 7) is 0.801. The Labute approximate surface area is 150 Å². The topological polar surface area (TPSA) is 59.0 Å². The average Bonchev–Trinajstić information content (AvgIpc) is 2.92. The predicted octanol–water partition coefficient (Wildman–Crippen LogP) is 3.56. The number of carbonyl (C=O) groups excluding carboxylic acids is 1. The summed E-state index contributed by atoms with van der Waals surface area (Å²) in [6.07, 6.45) is 2.65. The zero-order valence-electron chi connectivity index (χ0n) is 12.0. The SMILES string of the molecule is Cl.Cl.O=C1C2CCNC=C2Nc2cc(-c3ccccc3Cl)nn21. The highest BCUT2D eigenvalue weighted by molar-refractivity contribution is 6.33. The Bertz CT molecular complexity index is 772. The van der Waals surface area contributed by atoms with Crippen molar-refractivity contribution in [3.8, 4) is 11.3 Å². The van der Waals surface area contributed by atoms with E-state index in [-0.39, 0.29) is 36.6 Å². The Morgan fingerprint density at radius 1 is 1.26 bits per heavy atom. The summed E-state index contributed by atoms with van der Waals surface area (Å²) in [4.78, 5) is 12.5. The van der Waals surface area contributed by atoms with E-state index in [0.717, 1.165) is 24.2 Å². The van der Waals surface area contributed by atoms with Gasteiger partial charge in [-0.2, -0.15) is 9.78 Å². The van der Waals surface area contributed by atoms with Gasteiger partial charge in [0.1, 0.15) is 5.82 Å². The smallest absolute Gasteiger partial charge is 0.257 e. The molecule has 0 radical (unpaired) electrons. The molecule has 1 aromatic carbocycles. The van der Waals surface area contributed by atoms with Gasteiger partial charge in [0.15, 0.2) is 0 Å². The van der Waals surface area contributed by atoms with Gasteiger partial charge in [0.2, 0.25) is 0 Å². The summed E-state index contributed by atoms with van der Waals surface area (Å²) in [5.41, 5.74) is 2.43. The summed E-state index contributed by atoms with van der Waals surface area (Å²) in [6, 6.07) is 9.34. The fraction of sp³-hybridized carbons (Fsp3) is 0.200. The van der Waals surface area contributed by atoms with Gasteiger partial charge in [-0.05, 0) is 12.5 Å². The van der Waals surface area contributed by atoms with Crippen LogP contribution in [0.1, 0.15) is 11.2 Å². The van der Waals surface area contributed by atoms with E-state index in [0.29, 0.717) is 16.5 Å². The first-order valence-corrected chi connectivity index (χ1v) is 7.21. The molecule has 1 atom stereocenters. The van der Waals surface area contributed by atoms with Crippen LogP contribution in [0.2, 0.25) is 5.02 Å². The second-order valence-electron chi connectivity index (χ2n) is 5.16. The lowest BCUT2D eigenvalue weighted by Gasteiger charge is -2.29. The number of anilines is 1. The second kappa shape index (κ2) is 6.83. The molecule has 5 nitrogen and oxygen atoms in total. The van der Waals surface area contributed by atoms with E-state index in [9.17, 15) is 4.79 Å². The molecular weight excluding hydrogens is 359 g/mol. The first-order chi connectivity index (χ1) is 10.2. The van der Waals surface area contributed by atoms with Crippen molar-refractivity contribution in [3.63, 3.8) is 0 Å². The molecule has 0 aliphatic carbocycles. The van der Waals surface area contributed by atoms with Crippen LogP contribution in [0.25, 0.3) is 11.3 Å². The van der Waals surface area contributed by atoms with Crippen LogP contribution in [0.15, 0.2) is 42.2 Å². The van der Waals surface area contributed by atoms with Crippen molar-refractivity contribution in [1.29, 1.82) is 0 Å². The van der Waals surface area contributed by atoms with Crippen LogP contribution in [0.4, 0.5) is 5.82 Å². The van der Waals surface area contributed by atoms with E-state index in [1.165, 1.54) is 4.68 Å². The number of nitrogens with one attached hydrogen (secondary N) is 2. The lowest BCUT2D eigenvalue weighted by atomic mass is 9.97. The molecule has 1 aromatic heterocycles. The van der Waals surface area contributed by atoms with Crippen molar-refractivity contribution in [2.75, 3.05) is 11.9 Å². The maximum absolute atomic E-state index is 12.5. The number of benzene rings is 1. The standard InChI is InChI=1S/C15H13ClN4O.2ClH/c16-11-4-2-1-3-9(11)12-7-14-18-13-8-17-6-5-10(13)15(21)20(14)19-12;;/h1-4,7-8,10,17-18H,5-6H2;2*1H. The van der Waals surface area contributed by atoms with Crippen LogP contribution in [-0.2, 0) is 0 Å². The first-order valence-electron chi connectivity index (χ1n) is 6.84. The van der Waals surface area contributed by atoms with Crippen LogP contribution in [0, 0.1) is 5.92 Å². The van der Waals surface area contributed by atoms with Gasteiger partial charge in [0.05, 0.1) is 16.6 Å². The molecule has 2 N–H and O–H groups in total. The lowest BCUT2D eigenvalue weighted by molar-refractivity contribution is 0.0825. The molecule has 4 rings (SSSR count). The van der Waals surface area contributed by atoms with Gasteiger partial charge < -0.3 is 10.6 Å². The Kier molecular flexibility index (Phi) is 5.24. The van der Waals surface area contributed by atoms with E-state index in [2.05, 4.69) is 15.7 Å².